The van der Waals surface area contributed by atoms with E-state index in [-0.39, 0.29) is 11.8 Å². The number of amidine groups is 1. The molecule has 0 aromatic carbocycles. The van der Waals surface area contributed by atoms with Crippen molar-refractivity contribution < 1.29 is 9.90 Å². The van der Waals surface area contributed by atoms with Gasteiger partial charge >= 0.3 is 5.97 Å². The summed E-state index contributed by atoms with van der Waals surface area (Å²) in [7, 11) is 0. The predicted molar refractivity (Wildman–Crippen MR) is 35.8 cm³/mol. The first kappa shape index (κ1) is 7.05. The van der Waals surface area contributed by atoms with Gasteiger partial charge in [-0.05, 0) is 18.8 Å². The molecule has 1 aliphatic rings. The minimum absolute atomic E-state index is 0.134. The molecule has 0 saturated heterocycles. The van der Waals surface area contributed by atoms with E-state index in [0.29, 0.717) is 0 Å². The molecule has 4 N–H and O–H groups in total. The average Bonchev–Trinajstić information content (AvgIpc) is 2.46. The molecule has 56 valence electrons. The second kappa shape index (κ2) is 2.28. The zero-order chi connectivity index (χ0) is 7.72. The molecule has 0 heterocycles. The number of rotatable bonds is 3. The maximum Gasteiger partial charge on any atom is 0.314 e. The van der Waals surface area contributed by atoms with Crippen molar-refractivity contribution in [3.8, 4) is 0 Å². The highest BCUT2D eigenvalue weighted by atomic mass is 16.4. The van der Waals surface area contributed by atoms with Gasteiger partial charge in [0.05, 0.1) is 0 Å². The maximum atomic E-state index is 10.4. The lowest BCUT2D eigenvalue weighted by Crippen LogP contribution is -2.31. The van der Waals surface area contributed by atoms with Crippen LogP contribution in [0, 0.1) is 17.2 Å². The van der Waals surface area contributed by atoms with Gasteiger partial charge in [0.25, 0.3) is 0 Å². The van der Waals surface area contributed by atoms with Gasteiger partial charge in [0.2, 0.25) is 0 Å². The van der Waals surface area contributed by atoms with Gasteiger partial charge in [0, 0.05) is 0 Å². The molecule has 0 amide bonds. The first-order chi connectivity index (χ1) is 4.63. The van der Waals surface area contributed by atoms with Crippen LogP contribution < -0.4 is 5.73 Å². The summed E-state index contributed by atoms with van der Waals surface area (Å²) in [5.74, 6) is -1.76. The second-order valence-electron chi connectivity index (χ2n) is 2.61. The van der Waals surface area contributed by atoms with Crippen molar-refractivity contribution in [1.82, 2.24) is 0 Å². The summed E-state index contributed by atoms with van der Waals surface area (Å²) < 4.78 is 0. The Morgan fingerprint density at radius 1 is 1.70 bits per heavy atom. The van der Waals surface area contributed by atoms with Gasteiger partial charge in [-0.2, -0.15) is 0 Å². The van der Waals surface area contributed by atoms with E-state index in [4.69, 9.17) is 16.2 Å². The third-order valence-electron chi connectivity index (χ3n) is 1.69. The van der Waals surface area contributed by atoms with Crippen LogP contribution in [0.4, 0.5) is 0 Å². The lowest BCUT2D eigenvalue weighted by molar-refractivity contribution is -0.139. The normalized spacial score (nSPS) is 20.0. The summed E-state index contributed by atoms with van der Waals surface area (Å²) in [5.41, 5.74) is 5.08. The molecule has 10 heavy (non-hydrogen) atoms. The average molecular weight is 142 g/mol. The number of carbonyl (C=O) groups is 1. The van der Waals surface area contributed by atoms with Crippen molar-refractivity contribution in [2.24, 2.45) is 17.6 Å². The lowest BCUT2D eigenvalue weighted by Gasteiger charge is -2.06. The number of nitrogens with one attached hydrogen (secondary N) is 1. The summed E-state index contributed by atoms with van der Waals surface area (Å²) in [6.07, 6.45) is 1.80. The zero-order valence-corrected chi connectivity index (χ0v) is 5.50. The smallest absolute Gasteiger partial charge is 0.314 e. The van der Waals surface area contributed by atoms with Crippen LogP contribution in [0.5, 0.6) is 0 Å². The fourth-order valence-corrected chi connectivity index (χ4v) is 1.02. The molecule has 1 unspecified atom stereocenters. The van der Waals surface area contributed by atoms with Crippen molar-refractivity contribution in [3.63, 3.8) is 0 Å². The second-order valence-corrected chi connectivity index (χ2v) is 2.61. The van der Waals surface area contributed by atoms with E-state index in [1.165, 1.54) is 0 Å². The summed E-state index contributed by atoms with van der Waals surface area (Å²) in [6, 6.07) is 0. The fraction of sp³-hybridized carbons (Fsp3) is 0.667. The number of hydrogen-bond acceptors (Lipinski definition) is 2. The van der Waals surface area contributed by atoms with Crippen molar-refractivity contribution >= 4 is 11.8 Å². The van der Waals surface area contributed by atoms with Gasteiger partial charge in [-0.3, -0.25) is 10.2 Å². The molecule has 4 heteroatoms. The molecule has 1 rings (SSSR count). The Balaban J connectivity index is 2.58. The molecule has 1 fully saturated rings. The molecule has 0 aromatic heterocycles. The third kappa shape index (κ3) is 1.26. The number of carboxylic acids is 1. The van der Waals surface area contributed by atoms with E-state index in [1.54, 1.807) is 0 Å². The van der Waals surface area contributed by atoms with Gasteiger partial charge < -0.3 is 10.8 Å². The number of aliphatic carboxylic acids is 1. The summed E-state index contributed by atoms with van der Waals surface area (Å²) in [5, 5.41) is 15.5. The van der Waals surface area contributed by atoms with Gasteiger partial charge in [-0.15, -0.1) is 0 Å². The quantitative estimate of drug-likeness (QED) is 0.384. The minimum atomic E-state index is -0.963. The van der Waals surface area contributed by atoms with E-state index in [9.17, 15) is 4.79 Å². The Morgan fingerprint density at radius 3 is 2.30 bits per heavy atom. The van der Waals surface area contributed by atoms with Gasteiger partial charge in [-0.1, -0.05) is 0 Å². The number of carboxylic acid groups (broad SMARTS) is 1. The van der Waals surface area contributed by atoms with E-state index >= 15 is 0 Å². The van der Waals surface area contributed by atoms with Crippen molar-refractivity contribution in [3.05, 3.63) is 0 Å². The number of nitrogens with two attached hydrogens (primary N) is 1. The topological polar surface area (TPSA) is 87.2 Å². The fourth-order valence-electron chi connectivity index (χ4n) is 1.02. The molecule has 0 aliphatic heterocycles. The van der Waals surface area contributed by atoms with Crippen LogP contribution >= 0.6 is 0 Å². The Bertz CT molecular complexity index is 161. The molecule has 0 bridgehead atoms. The minimum Gasteiger partial charge on any atom is -0.481 e. The molecule has 1 atom stereocenters. The van der Waals surface area contributed by atoms with Crippen LogP contribution in [0.1, 0.15) is 12.8 Å². The van der Waals surface area contributed by atoms with Crippen LogP contribution in [0.15, 0.2) is 0 Å². The first-order valence-corrected chi connectivity index (χ1v) is 3.19. The SMILES string of the molecule is N=C(N)C(C(=O)O)C1CC1. The van der Waals surface area contributed by atoms with E-state index in [0.717, 1.165) is 12.8 Å². The van der Waals surface area contributed by atoms with Crippen molar-refractivity contribution in [1.29, 1.82) is 5.41 Å². The van der Waals surface area contributed by atoms with Crippen molar-refractivity contribution in [2.75, 3.05) is 0 Å². The maximum absolute atomic E-state index is 10.4. The summed E-state index contributed by atoms with van der Waals surface area (Å²) >= 11 is 0. The Kier molecular flexibility index (Phi) is 1.61. The molecule has 1 saturated carbocycles. The number of hydrogen-bond donors (Lipinski definition) is 3. The molecular formula is C6H10N2O2. The molecule has 1 aliphatic carbocycles. The highest BCUT2D eigenvalue weighted by Gasteiger charge is 2.38. The Labute approximate surface area is 58.5 Å². The highest BCUT2D eigenvalue weighted by molar-refractivity contribution is 5.98. The van der Waals surface area contributed by atoms with Crippen LogP contribution in [-0.4, -0.2) is 16.9 Å². The summed E-state index contributed by atoms with van der Waals surface area (Å²) in [4.78, 5) is 10.4. The first-order valence-electron chi connectivity index (χ1n) is 3.19. The largest absolute Gasteiger partial charge is 0.481 e. The monoisotopic (exact) mass is 142 g/mol. The highest BCUT2D eigenvalue weighted by Crippen LogP contribution is 2.36. The summed E-state index contributed by atoms with van der Waals surface area (Å²) in [6.45, 7) is 0. The van der Waals surface area contributed by atoms with Crippen LogP contribution in [-0.2, 0) is 4.79 Å². The Morgan fingerprint density at radius 2 is 2.20 bits per heavy atom. The van der Waals surface area contributed by atoms with Crippen LogP contribution in [0.2, 0.25) is 0 Å². The van der Waals surface area contributed by atoms with Gasteiger partial charge in [0.1, 0.15) is 11.8 Å². The van der Waals surface area contributed by atoms with Crippen LogP contribution in [0.3, 0.4) is 0 Å². The standard InChI is InChI=1S/C6H10N2O2/c7-5(8)4(6(9)10)3-1-2-3/h3-4H,1-2H2,(H3,7,8)(H,9,10). The molecular weight excluding hydrogens is 132 g/mol. The molecule has 0 radical (unpaired) electrons. The van der Waals surface area contributed by atoms with Crippen LogP contribution in [0.25, 0.3) is 0 Å². The third-order valence-corrected chi connectivity index (χ3v) is 1.69. The lowest BCUT2D eigenvalue weighted by atomic mass is 10.0. The molecule has 0 aromatic rings. The predicted octanol–water partition coefficient (Wildman–Crippen LogP) is 0.0332. The Hall–Kier alpha value is -1.06. The van der Waals surface area contributed by atoms with Gasteiger partial charge in [0.15, 0.2) is 0 Å². The van der Waals surface area contributed by atoms with E-state index in [1.807, 2.05) is 0 Å². The van der Waals surface area contributed by atoms with E-state index < -0.39 is 11.9 Å². The zero-order valence-electron chi connectivity index (χ0n) is 5.50. The van der Waals surface area contributed by atoms with E-state index in [2.05, 4.69) is 0 Å². The van der Waals surface area contributed by atoms with Gasteiger partial charge in [-0.25, -0.2) is 0 Å². The molecule has 4 nitrogen and oxygen atoms in total. The molecule has 0 spiro atoms. The van der Waals surface area contributed by atoms with Crippen molar-refractivity contribution in [2.45, 2.75) is 12.8 Å².